The van der Waals surface area contributed by atoms with E-state index in [0.29, 0.717) is 0 Å². The SMILES string of the molecule is CNc1ccc(C(F)(F)F)cc1C(=O)Cc1ccccc1C(=O)O. The average Bonchev–Trinajstić information content (AvgIpc) is 2.53. The normalized spacial score (nSPS) is 11.2. The number of Topliss-reactive ketones (excluding diaryl/α,β-unsaturated/α-hetero) is 1. The molecular formula is C17H14F3NO3. The Labute approximate surface area is 135 Å². The summed E-state index contributed by atoms with van der Waals surface area (Å²) in [6.07, 6.45) is -4.88. The molecule has 0 saturated carbocycles. The zero-order chi connectivity index (χ0) is 17.9. The molecule has 0 aliphatic carbocycles. The molecule has 2 N–H and O–H groups in total. The molecule has 0 saturated heterocycles. The molecule has 2 rings (SSSR count). The monoisotopic (exact) mass is 337 g/mol. The Morgan fingerprint density at radius 2 is 1.75 bits per heavy atom. The van der Waals surface area contributed by atoms with Gasteiger partial charge in [0.05, 0.1) is 11.1 Å². The van der Waals surface area contributed by atoms with Gasteiger partial charge >= 0.3 is 12.1 Å². The maximum Gasteiger partial charge on any atom is 0.416 e. The van der Waals surface area contributed by atoms with Crippen LogP contribution in [0, 0.1) is 0 Å². The minimum Gasteiger partial charge on any atom is -0.478 e. The zero-order valence-electron chi connectivity index (χ0n) is 12.6. The minimum absolute atomic E-state index is 0.0520. The molecule has 4 nitrogen and oxygen atoms in total. The number of carboxylic acids is 1. The maximum absolute atomic E-state index is 12.9. The molecule has 0 aliphatic rings. The van der Waals surface area contributed by atoms with Gasteiger partial charge in [0.15, 0.2) is 5.78 Å². The average molecular weight is 337 g/mol. The van der Waals surface area contributed by atoms with Crippen LogP contribution in [-0.2, 0) is 12.6 Å². The van der Waals surface area contributed by atoms with Crippen molar-refractivity contribution in [3.63, 3.8) is 0 Å². The molecule has 0 atom stereocenters. The lowest BCUT2D eigenvalue weighted by Crippen LogP contribution is -2.13. The highest BCUT2D eigenvalue weighted by Gasteiger charge is 2.31. The Morgan fingerprint density at radius 1 is 1.08 bits per heavy atom. The molecule has 0 aromatic heterocycles. The van der Waals surface area contributed by atoms with Crippen LogP contribution in [0.15, 0.2) is 42.5 Å². The van der Waals surface area contributed by atoms with Crippen LogP contribution in [0.1, 0.15) is 31.8 Å². The first kappa shape index (κ1) is 17.5. The summed E-state index contributed by atoms with van der Waals surface area (Å²) in [6.45, 7) is 0. The number of rotatable bonds is 5. The van der Waals surface area contributed by atoms with Gasteiger partial charge in [-0.25, -0.2) is 4.79 Å². The van der Waals surface area contributed by atoms with Gasteiger partial charge in [-0.2, -0.15) is 13.2 Å². The fourth-order valence-electron chi connectivity index (χ4n) is 2.32. The first-order valence-electron chi connectivity index (χ1n) is 6.97. The molecule has 7 heteroatoms. The largest absolute Gasteiger partial charge is 0.478 e. The third-order valence-corrected chi connectivity index (χ3v) is 3.52. The van der Waals surface area contributed by atoms with Crippen LogP contribution in [0.4, 0.5) is 18.9 Å². The topological polar surface area (TPSA) is 66.4 Å². The number of halogens is 3. The number of carbonyl (C=O) groups is 2. The third kappa shape index (κ3) is 3.73. The van der Waals surface area contributed by atoms with Gasteiger partial charge in [-0.05, 0) is 29.8 Å². The van der Waals surface area contributed by atoms with E-state index < -0.39 is 23.5 Å². The van der Waals surface area contributed by atoms with Crippen molar-refractivity contribution in [2.24, 2.45) is 0 Å². The van der Waals surface area contributed by atoms with E-state index in [9.17, 15) is 22.8 Å². The van der Waals surface area contributed by atoms with Crippen LogP contribution in [0.5, 0.6) is 0 Å². The van der Waals surface area contributed by atoms with E-state index in [-0.39, 0.29) is 28.8 Å². The number of alkyl halides is 3. The summed E-state index contributed by atoms with van der Waals surface area (Å²) in [6, 6.07) is 8.73. The summed E-state index contributed by atoms with van der Waals surface area (Å²) >= 11 is 0. The quantitative estimate of drug-likeness (QED) is 0.813. The Kier molecular flexibility index (Phi) is 4.92. The highest BCUT2D eigenvalue weighted by atomic mass is 19.4. The molecule has 0 amide bonds. The van der Waals surface area contributed by atoms with Crippen molar-refractivity contribution in [3.8, 4) is 0 Å². The summed E-state index contributed by atoms with van der Waals surface area (Å²) in [7, 11) is 1.49. The first-order valence-corrected chi connectivity index (χ1v) is 6.97. The predicted molar refractivity (Wildman–Crippen MR) is 82.4 cm³/mol. The summed E-state index contributed by atoms with van der Waals surface area (Å²) in [4.78, 5) is 23.6. The number of hydrogen-bond acceptors (Lipinski definition) is 3. The van der Waals surface area contributed by atoms with Gasteiger partial charge < -0.3 is 10.4 Å². The number of carboxylic acid groups (broad SMARTS) is 1. The zero-order valence-corrected chi connectivity index (χ0v) is 12.6. The number of nitrogens with one attached hydrogen (secondary N) is 1. The van der Waals surface area contributed by atoms with Crippen molar-refractivity contribution < 1.29 is 27.9 Å². The Bertz CT molecular complexity index is 785. The van der Waals surface area contributed by atoms with Gasteiger partial charge in [0.2, 0.25) is 0 Å². The highest BCUT2D eigenvalue weighted by Crippen LogP contribution is 2.32. The van der Waals surface area contributed by atoms with Crippen LogP contribution in [0.25, 0.3) is 0 Å². The molecule has 2 aromatic carbocycles. The third-order valence-electron chi connectivity index (χ3n) is 3.52. The first-order chi connectivity index (χ1) is 11.2. The van der Waals surface area contributed by atoms with E-state index >= 15 is 0 Å². The van der Waals surface area contributed by atoms with Crippen molar-refractivity contribution in [2.75, 3.05) is 12.4 Å². The molecule has 24 heavy (non-hydrogen) atoms. The van der Waals surface area contributed by atoms with Crippen LogP contribution in [0.3, 0.4) is 0 Å². The number of hydrogen-bond donors (Lipinski definition) is 2. The fourth-order valence-corrected chi connectivity index (χ4v) is 2.32. The van der Waals surface area contributed by atoms with Crippen molar-refractivity contribution in [3.05, 3.63) is 64.7 Å². The Hall–Kier alpha value is -2.83. The molecule has 126 valence electrons. The van der Waals surface area contributed by atoms with Crippen molar-refractivity contribution >= 4 is 17.4 Å². The number of carbonyl (C=O) groups excluding carboxylic acids is 1. The van der Waals surface area contributed by atoms with Gasteiger partial charge in [-0.1, -0.05) is 18.2 Å². The molecule has 0 heterocycles. The van der Waals surface area contributed by atoms with Crippen molar-refractivity contribution in [2.45, 2.75) is 12.6 Å². The van der Waals surface area contributed by atoms with E-state index in [4.69, 9.17) is 5.11 Å². The van der Waals surface area contributed by atoms with Gasteiger partial charge in [0, 0.05) is 24.7 Å². The number of anilines is 1. The lowest BCUT2D eigenvalue weighted by molar-refractivity contribution is -0.137. The van der Waals surface area contributed by atoms with E-state index in [0.717, 1.165) is 12.1 Å². The smallest absolute Gasteiger partial charge is 0.416 e. The molecule has 2 aromatic rings. The number of ketones is 1. The van der Waals surface area contributed by atoms with Crippen LogP contribution >= 0.6 is 0 Å². The second kappa shape index (κ2) is 6.74. The molecule has 0 spiro atoms. The fraction of sp³-hybridized carbons (Fsp3) is 0.176. The lowest BCUT2D eigenvalue weighted by Gasteiger charge is -2.13. The predicted octanol–water partition coefficient (Wildman–Crippen LogP) is 3.87. The summed E-state index contributed by atoms with van der Waals surface area (Å²) in [5.41, 5.74) is -0.622. The van der Waals surface area contributed by atoms with Gasteiger partial charge in [-0.15, -0.1) is 0 Å². The molecule has 0 fully saturated rings. The van der Waals surface area contributed by atoms with E-state index in [1.54, 1.807) is 6.07 Å². The van der Waals surface area contributed by atoms with E-state index in [2.05, 4.69) is 5.32 Å². The van der Waals surface area contributed by atoms with Crippen LogP contribution in [-0.4, -0.2) is 23.9 Å². The molecular weight excluding hydrogens is 323 g/mol. The van der Waals surface area contributed by atoms with Gasteiger partial charge in [-0.3, -0.25) is 4.79 Å². The van der Waals surface area contributed by atoms with Gasteiger partial charge in [0.25, 0.3) is 0 Å². The van der Waals surface area contributed by atoms with Crippen LogP contribution in [0.2, 0.25) is 0 Å². The second-order valence-electron chi connectivity index (χ2n) is 5.07. The summed E-state index contributed by atoms with van der Waals surface area (Å²) in [5, 5.41) is 11.8. The second-order valence-corrected chi connectivity index (χ2v) is 5.07. The van der Waals surface area contributed by atoms with E-state index in [1.807, 2.05) is 0 Å². The van der Waals surface area contributed by atoms with E-state index in [1.165, 1.54) is 31.3 Å². The van der Waals surface area contributed by atoms with Gasteiger partial charge in [0.1, 0.15) is 0 Å². The summed E-state index contributed by atoms with van der Waals surface area (Å²) in [5.74, 6) is -1.80. The highest BCUT2D eigenvalue weighted by molar-refractivity contribution is 6.03. The molecule has 0 radical (unpaired) electrons. The number of aromatic carboxylic acids is 1. The standard InChI is InChI=1S/C17H14F3NO3/c1-21-14-7-6-11(17(18,19)20)9-13(14)15(22)8-10-4-2-3-5-12(10)16(23)24/h2-7,9,21H,8H2,1H3,(H,23,24). The molecule has 0 aliphatic heterocycles. The summed E-state index contributed by atoms with van der Waals surface area (Å²) < 4.78 is 38.6. The Balaban J connectivity index is 2.41. The maximum atomic E-state index is 12.9. The number of benzene rings is 2. The minimum atomic E-state index is -4.57. The lowest BCUT2D eigenvalue weighted by atomic mass is 9.96. The Morgan fingerprint density at radius 3 is 2.33 bits per heavy atom. The molecule has 0 unspecified atom stereocenters. The van der Waals surface area contributed by atoms with Crippen molar-refractivity contribution in [1.82, 2.24) is 0 Å². The van der Waals surface area contributed by atoms with Crippen molar-refractivity contribution in [1.29, 1.82) is 0 Å². The van der Waals surface area contributed by atoms with Crippen LogP contribution < -0.4 is 5.32 Å². The molecule has 0 bridgehead atoms.